The Kier molecular flexibility index (Phi) is 6.28. The van der Waals surface area contributed by atoms with Crippen molar-refractivity contribution in [3.63, 3.8) is 0 Å². The molecule has 1 aliphatic heterocycles. The van der Waals surface area contributed by atoms with Crippen LogP contribution in [0.1, 0.15) is 27.0 Å². The zero-order valence-electron chi connectivity index (χ0n) is 17.8. The highest BCUT2D eigenvalue weighted by Crippen LogP contribution is 2.34. The van der Waals surface area contributed by atoms with Crippen LogP contribution in [0.25, 0.3) is 0 Å². The Labute approximate surface area is 190 Å². The second-order valence-corrected chi connectivity index (χ2v) is 9.07. The second-order valence-electron chi connectivity index (χ2n) is 7.56. The predicted molar refractivity (Wildman–Crippen MR) is 129 cm³/mol. The maximum absolute atomic E-state index is 13.6. The van der Waals surface area contributed by atoms with Crippen molar-refractivity contribution < 1.29 is 9.00 Å². The molecule has 2 heterocycles. The number of aromatic nitrogens is 1. The third-order valence-corrected chi connectivity index (χ3v) is 6.88. The lowest BCUT2D eigenvalue weighted by Gasteiger charge is -2.25. The van der Waals surface area contributed by atoms with Crippen molar-refractivity contribution in [2.24, 2.45) is 10.7 Å². The third-order valence-electron chi connectivity index (χ3n) is 5.38. The molecule has 1 amide bonds. The van der Waals surface area contributed by atoms with Crippen LogP contribution in [0.15, 0.2) is 83.5 Å². The number of amidine groups is 1. The van der Waals surface area contributed by atoms with Gasteiger partial charge in [-0.05, 0) is 60.4 Å². The van der Waals surface area contributed by atoms with Crippen LogP contribution in [0.3, 0.4) is 0 Å². The van der Waals surface area contributed by atoms with Gasteiger partial charge in [0, 0.05) is 18.1 Å². The topological polar surface area (TPSA) is 88.7 Å². The van der Waals surface area contributed by atoms with Crippen molar-refractivity contribution in [2.75, 3.05) is 10.7 Å². The number of anilines is 1. The number of aliphatic imine (C=N–C) groups is 1. The molecule has 162 valence electrons. The van der Waals surface area contributed by atoms with E-state index in [4.69, 9.17) is 5.73 Å². The summed E-state index contributed by atoms with van der Waals surface area (Å²) in [5.74, 6) is 0.697. The van der Waals surface area contributed by atoms with Gasteiger partial charge in [-0.15, -0.1) is 0 Å². The van der Waals surface area contributed by atoms with Gasteiger partial charge >= 0.3 is 0 Å². The van der Waals surface area contributed by atoms with Crippen molar-refractivity contribution >= 4 is 33.9 Å². The van der Waals surface area contributed by atoms with Crippen molar-refractivity contribution in [3.8, 4) is 0 Å². The number of benzene rings is 2. The summed E-state index contributed by atoms with van der Waals surface area (Å²) in [7, 11) is -1.14. The highest BCUT2D eigenvalue weighted by molar-refractivity contribution is 7.85. The Morgan fingerprint density at radius 2 is 2.12 bits per heavy atom. The standard InChI is InChI=1S/C25H24N4O2S/c1-3-23(26)28-21-14-18(10-9-17(21)2)16-29(25(30)20-7-5-12-27-15-20)22-8-4-6-19-11-13-32(31)24(19)22/h3-10,12,14-15H,1,11,13,16H2,2H3,(H2,26,28). The van der Waals surface area contributed by atoms with E-state index in [0.717, 1.165) is 33.7 Å². The molecule has 0 aliphatic carbocycles. The van der Waals surface area contributed by atoms with Gasteiger partial charge in [-0.25, -0.2) is 4.99 Å². The van der Waals surface area contributed by atoms with E-state index in [1.54, 1.807) is 29.4 Å². The molecule has 1 unspecified atom stereocenters. The minimum absolute atomic E-state index is 0.202. The molecule has 0 bridgehead atoms. The number of nitrogens with two attached hydrogens (primary N) is 1. The number of hydrogen-bond donors (Lipinski definition) is 1. The number of fused-ring (bicyclic) bond motifs is 1. The summed E-state index contributed by atoms with van der Waals surface area (Å²) in [5.41, 5.74) is 10.6. The highest BCUT2D eigenvalue weighted by Gasteiger charge is 2.28. The summed E-state index contributed by atoms with van der Waals surface area (Å²) in [5, 5.41) is 0. The molecule has 4 rings (SSSR count). The molecule has 6 nitrogen and oxygen atoms in total. The zero-order chi connectivity index (χ0) is 22.7. The number of carbonyl (C=O) groups is 1. The molecule has 32 heavy (non-hydrogen) atoms. The minimum atomic E-state index is -1.14. The third kappa shape index (κ3) is 4.38. The maximum Gasteiger partial charge on any atom is 0.260 e. The molecule has 0 radical (unpaired) electrons. The first-order valence-electron chi connectivity index (χ1n) is 10.3. The Hall–Kier alpha value is -3.58. The first-order chi connectivity index (χ1) is 15.5. The molecule has 3 aromatic rings. The van der Waals surface area contributed by atoms with Gasteiger partial charge in [0.1, 0.15) is 5.84 Å². The number of pyridine rings is 1. The largest absolute Gasteiger partial charge is 0.384 e. The van der Waals surface area contributed by atoms with Crippen LogP contribution in [0, 0.1) is 6.92 Å². The van der Waals surface area contributed by atoms with Crippen molar-refractivity contribution in [1.29, 1.82) is 0 Å². The summed E-state index contributed by atoms with van der Waals surface area (Å²) in [6.07, 6.45) is 5.41. The molecule has 0 saturated carbocycles. The lowest BCUT2D eigenvalue weighted by molar-refractivity contribution is 0.0984. The Morgan fingerprint density at radius 3 is 2.88 bits per heavy atom. The molecule has 1 atom stereocenters. The Bertz CT molecular complexity index is 1240. The fourth-order valence-corrected chi connectivity index (χ4v) is 5.18. The quantitative estimate of drug-likeness (QED) is 0.458. The number of nitrogens with zero attached hydrogens (tertiary/aromatic N) is 3. The molecular formula is C25H24N4O2S. The van der Waals surface area contributed by atoms with Gasteiger partial charge in [-0.1, -0.05) is 30.8 Å². The molecule has 1 aliphatic rings. The van der Waals surface area contributed by atoms with Gasteiger partial charge in [-0.3, -0.25) is 14.0 Å². The van der Waals surface area contributed by atoms with Crippen molar-refractivity contribution in [2.45, 2.75) is 24.8 Å². The van der Waals surface area contributed by atoms with E-state index in [1.807, 2.05) is 43.3 Å². The maximum atomic E-state index is 13.6. The van der Waals surface area contributed by atoms with Gasteiger partial charge in [-0.2, -0.15) is 0 Å². The van der Waals surface area contributed by atoms with Gasteiger partial charge in [0.15, 0.2) is 0 Å². The molecule has 0 fully saturated rings. The first kappa shape index (κ1) is 21.6. The summed E-state index contributed by atoms with van der Waals surface area (Å²) in [6, 6.07) is 15.0. The molecule has 0 saturated heterocycles. The van der Waals surface area contributed by atoms with Gasteiger partial charge < -0.3 is 10.6 Å². The van der Waals surface area contributed by atoms with Gasteiger partial charge in [0.05, 0.1) is 39.2 Å². The summed E-state index contributed by atoms with van der Waals surface area (Å²) in [6.45, 7) is 5.89. The van der Waals surface area contributed by atoms with Crippen molar-refractivity contribution in [3.05, 3.63) is 95.8 Å². The molecule has 2 N–H and O–H groups in total. The summed E-state index contributed by atoms with van der Waals surface area (Å²) >= 11 is 0. The van der Waals surface area contributed by atoms with Crippen LogP contribution in [0.5, 0.6) is 0 Å². The molecule has 1 aromatic heterocycles. The summed E-state index contributed by atoms with van der Waals surface area (Å²) in [4.78, 5) is 24.5. The van der Waals surface area contributed by atoms with E-state index in [9.17, 15) is 9.00 Å². The lowest BCUT2D eigenvalue weighted by Crippen LogP contribution is -2.31. The van der Waals surface area contributed by atoms with E-state index in [2.05, 4.69) is 16.6 Å². The highest BCUT2D eigenvalue weighted by atomic mass is 32.2. The van der Waals surface area contributed by atoms with Gasteiger partial charge in [0.25, 0.3) is 5.91 Å². The van der Waals surface area contributed by atoms with Crippen LogP contribution < -0.4 is 10.6 Å². The van der Waals surface area contributed by atoms with Crippen LogP contribution in [0.4, 0.5) is 11.4 Å². The minimum Gasteiger partial charge on any atom is -0.384 e. The van der Waals surface area contributed by atoms with E-state index in [-0.39, 0.29) is 12.5 Å². The molecular weight excluding hydrogens is 420 g/mol. The second kappa shape index (κ2) is 9.28. The SMILES string of the molecule is C=CC(N)=Nc1cc(CN(C(=O)c2cccnc2)c2cccc3c2S(=O)CC3)ccc1C. The van der Waals surface area contributed by atoms with Crippen LogP contribution in [-0.4, -0.2) is 26.7 Å². The van der Waals surface area contributed by atoms with Crippen LogP contribution in [-0.2, 0) is 23.8 Å². The first-order valence-corrected chi connectivity index (χ1v) is 11.6. The normalized spacial score (nSPS) is 15.3. The molecule has 7 heteroatoms. The average Bonchev–Trinajstić information content (AvgIpc) is 3.20. The number of hydrogen-bond acceptors (Lipinski definition) is 4. The number of amides is 1. The van der Waals surface area contributed by atoms with E-state index < -0.39 is 10.8 Å². The fourth-order valence-electron chi connectivity index (χ4n) is 3.70. The van der Waals surface area contributed by atoms with E-state index in [1.165, 1.54) is 6.08 Å². The van der Waals surface area contributed by atoms with Crippen LogP contribution >= 0.6 is 0 Å². The summed E-state index contributed by atoms with van der Waals surface area (Å²) < 4.78 is 12.8. The van der Waals surface area contributed by atoms with Crippen molar-refractivity contribution in [1.82, 2.24) is 4.98 Å². The molecule has 0 spiro atoms. The number of carbonyl (C=O) groups excluding carboxylic acids is 1. The predicted octanol–water partition coefficient (Wildman–Crippen LogP) is 4.08. The van der Waals surface area contributed by atoms with E-state index in [0.29, 0.717) is 22.8 Å². The van der Waals surface area contributed by atoms with E-state index >= 15 is 0 Å². The average molecular weight is 445 g/mol. The fraction of sp³-hybridized carbons (Fsp3) is 0.160. The number of rotatable bonds is 6. The Morgan fingerprint density at radius 1 is 1.28 bits per heavy atom. The Balaban J connectivity index is 1.79. The smallest absolute Gasteiger partial charge is 0.260 e. The lowest BCUT2D eigenvalue weighted by atomic mass is 10.1. The molecule has 2 aromatic carbocycles. The monoisotopic (exact) mass is 444 g/mol. The number of aryl methyl sites for hydroxylation is 2. The van der Waals surface area contributed by atoms with Gasteiger partial charge in [0.2, 0.25) is 0 Å². The zero-order valence-corrected chi connectivity index (χ0v) is 18.6. The van der Waals surface area contributed by atoms with Crippen LogP contribution in [0.2, 0.25) is 0 Å².